The Morgan fingerprint density at radius 3 is 2.85 bits per heavy atom. The lowest BCUT2D eigenvalue weighted by Crippen LogP contribution is -2.24. The largest absolute Gasteiger partial charge is 0.508 e. The molecule has 3 rings (SSSR count). The summed E-state index contributed by atoms with van der Waals surface area (Å²) in [7, 11) is 2.01. The number of benzene rings is 2. The molecule has 136 valence electrons. The van der Waals surface area contributed by atoms with Gasteiger partial charge >= 0.3 is 0 Å². The first-order valence-corrected chi connectivity index (χ1v) is 8.67. The second-order valence-corrected chi connectivity index (χ2v) is 6.39. The van der Waals surface area contributed by atoms with Crippen LogP contribution in [0.5, 0.6) is 17.2 Å². The van der Waals surface area contributed by atoms with E-state index in [1.165, 1.54) is 5.56 Å². The molecule has 0 atom stereocenters. The summed E-state index contributed by atoms with van der Waals surface area (Å²) in [6.45, 7) is 1.86. The minimum Gasteiger partial charge on any atom is -0.508 e. The van der Waals surface area contributed by atoms with Gasteiger partial charge in [0.05, 0.1) is 0 Å². The molecule has 0 aliphatic carbocycles. The number of phenols is 1. The molecule has 5 heteroatoms. The van der Waals surface area contributed by atoms with Crippen molar-refractivity contribution in [3.63, 3.8) is 0 Å². The van der Waals surface area contributed by atoms with Crippen LogP contribution in [0.15, 0.2) is 48.5 Å². The first-order valence-electron chi connectivity index (χ1n) is 8.67. The number of phenolic OH excluding ortho intramolecular Hbond substituents is 1. The van der Waals surface area contributed by atoms with Crippen LogP contribution in [0.4, 0.5) is 0 Å². The van der Waals surface area contributed by atoms with Crippen molar-refractivity contribution in [2.45, 2.75) is 12.8 Å². The number of nitrogens with zero attached hydrogens (tertiary/aromatic N) is 1. The lowest BCUT2D eigenvalue weighted by Gasteiger charge is -2.15. The van der Waals surface area contributed by atoms with Gasteiger partial charge in [-0.1, -0.05) is 24.3 Å². The predicted molar refractivity (Wildman–Crippen MR) is 101 cm³/mol. The molecular formula is C21H23NO4. The third kappa shape index (κ3) is 5.10. The smallest absolute Gasteiger partial charge is 0.231 e. The molecule has 0 bridgehead atoms. The number of carbonyl (C=O) groups is 1. The van der Waals surface area contributed by atoms with E-state index < -0.39 is 0 Å². The fourth-order valence-corrected chi connectivity index (χ4v) is 2.73. The minimum absolute atomic E-state index is 0.0725. The Morgan fingerprint density at radius 1 is 1.15 bits per heavy atom. The summed E-state index contributed by atoms with van der Waals surface area (Å²) in [6.07, 6.45) is 4.66. The van der Waals surface area contributed by atoms with Crippen LogP contribution in [-0.4, -0.2) is 42.7 Å². The van der Waals surface area contributed by atoms with E-state index in [4.69, 9.17) is 9.47 Å². The molecule has 0 amide bonds. The number of aromatic hydroxyl groups is 1. The number of hydrogen-bond donors (Lipinski definition) is 1. The second kappa shape index (κ2) is 8.54. The summed E-state index contributed by atoms with van der Waals surface area (Å²) in [5, 5.41) is 9.42. The quantitative estimate of drug-likeness (QED) is 0.738. The summed E-state index contributed by atoms with van der Waals surface area (Å²) in [4.78, 5) is 14.1. The van der Waals surface area contributed by atoms with Crippen molar-refractivity contribution in [2.75, 3.05) is 26.9 Å². The number of carbonyl (C=O) groups excluding carboxylic acids is 1. The molecule has 0 aromatic heterocycles. The molecule has 1 N–H and O–H groups in total. The van der Waals surface area contributed by atoms with E-state index in [0.717, 1.165) is 30.0 Å². The molecule has 0 saturated carbocycles. The topological polar surface area (TPSA) is 59.0 Å². The van der Waals surface area contributed by atoms with Gasteiger partial charge in [0.15, 0.2) is 17.3 Å². The van der Waals surface area contributed by atoms with Crippen LogP contribution in [-0.2, 0) is 11.2 Å². The van der Waals surface area contributed by atoms with Crippen molar-refractivity contribution >= 4 is 11.9 Å². The van der Waals surface area contributed by atoms with Crippen LogP contribution in [0.1, 0.15) is 17.5 Å². The third-order valence-electron chi connectivity index (χ3n) is 4.29. The maximum atomic E-state index is 12.0. The van der Waals surface area contributed by atoms with Gasteiger partial charge < -0.3 is 19.5 Å². The summed E-state index contributed by atoms with van der Waals surface area (Å²) in [6, 6.07) is 12.8. The Labute approximate surface area is 153 Å². The van der Waals surface area contributed by atoms with Gasteiger partial charge in [-0.05, 0) is 54.9 Å². The van der Waals surface area contributed by atoms with Gasteiger partial charge in [-0.2, -0.15) is 0 Å². The van der Waals surface area contributed by atoms with Crippen LogP contribution in [0.3, 0.4) is 0 Å². The van der Waals surface area contributed by atoms with Crippen molar-refractivity contribution in [1.29, 1.82) is 0 Å². The van der Waals surface area contributed by atoms with Crippen molar-refractivity contribution < 1.29 is 19.4 Å². The summed E-state index contributed by atoms with van der Waals surface area (Å²) < 4.78 is 10.7. The molecular weight excluding hydrogens is 330 g/mol. The Morgan fingerprint density at radius 2 is 2.00 bits per heavy atom. The number of hydrogen-bond acceptors (Lipinski definition) is 5. The summed E-state index contributed by atoms with van der Waals surface area (Å²) in [5.74, 6) is 1.87. The van der Waals surface area contributed by atoms with Gasteiger partial charge in [0.2, 0.25) is 6.79 Å². The van der Waals surface area contributed by atoms with E-state index in [0.29, 0.717) is 13.0 Å². The molecule has 2 aromatic carbocycles. The van der Waals surface area contributed by atoms with Crippen molar-refractivity contribution in [3.8, 4) is 17.2 Å². The Hall–Kier alpha value is -2.79. The number of fused-ring (bicyclic) bond motifs is 1. The lowest BCUT2D eigenvalue weighted by molar-refractivity contribution is -0.114. The van der Waals surface area contributed by atoms with Gasteiger partial charge in [0.1, 0.15) is 5.75 Å². The summed E-state index contributed by atoms with van der Waals surface area (Å²) >= 11 is 0. The monoisotopic (exact) mass is 353 g/mol. The van der Waals surface area contributed by atoms with Crippen LogP contribution in [0.2, 0.25) is 0 Å². The van der Waals surface area contributed by atoms with Gasteiger partial charge in [-0.15, -0.1) is 0 Å². The van der Waals surface area contributed by atoms with Gasteiger partial charge in [-0.25, -0.2) is 0 Å². The Bertz CT molecular complexity index is 800. The van der Waals surface area contributed by atoms with E-state index in [9.17, 15) is 9.90 Å². The Kier molecular flexibility index (Phi) is 5.92. The van der Waals surface area contributed by atoms with Crippen LogP contribution in [0, 0.1) is 0 Å². The highest BCUT2D eigenvalue weighted by atomic mass is 16.7. The normalized spacial score (nSPS) is 12.8. The lowest BCUT2D eigenvalue weighted by atomic mass is 10.1. The van der Waals surface area contributed by atoms with Crippen LogP contribution >= 0.6 is 0 Å². The average Bonchev–Trinajstić information content (AvgIpc) is 3.11. The number of likely N-dealkylation sites (N-methyl/N-ethyl adjacent to an activating group) is 1. The van der Waals surface area contributed by atoms with Gasteiger partial charge in [0.25, 0.3) is 0 Å². The molecule has 0 unspecified atom stereocenters. The fourth-order valence-electron chi connectivity index (χ4n) is 2.73. The summed E-state index contributed by atoms with van der Waals surface area (Å²) in [5.41, 5.74) is 2.01. The molecule has 5 nitrogen and oxygen atoms in total. The zero-order valence-corrected chi connectivity index (χ0v) is 14.9. The van der Waals surface area contributed by atoms with E-state index in [-0.39, 0.29) is 18.3 Å². The first kappa shape index (κ1) is 18.0. The number of ether oxygens (including phenoxy) is 2. The highest BCUT2D eigenvalue weighted by Crippen LogP contribution is 2.32. The van der Waals surface area contributed by atoms with Crippen LogP contribution in [0.25, 0.3) is 6.08 Å². The van der Waals surface area contributed by atoms with Crippen molar-refractivity contribution in [2.24, 2.45) is 0 Å². The minimum atomic E-state index is 0.0725. The molecule has 26 heavy (non-hydrogen) atoms. The second-order valence-electron chi connectivity index (χ2n) is 6.39. The average molecular weight is 353 g/mol. The predicted octanol–water partition coefficient (Wildman–Crippen LogP) is 3.27. The molecule has 1 aliphatic heterocycles. The van der Waals surface area contributed by atoms with Crippen molar-refractivity contribution in [3.05, 3.63) is 59.7 Å². The molecule has 0 radical (unpaired) electrons. The standard InChI is InChI=1S/C21H23NO4/c1-22(11-9-17-6-8-20-21(14-17)26-15-25-20)12-10-18(23)7-5-16-3-2-4-19(24)13-16/h2-8,13-14,24H,9-12,15H2,1H3/b7-5+. The van der Waals surface area contributed by atoms with E-state index in [1.54, 1.807) is 30.4 Å². The number of rotatable bonds is 8. The van der Waals surface area contributed by atoms with E-state index >= 15 is 0 Å². The SMILES string of the molecule is CN(CCC(=O)/C=C/c1cccc(O)c1)CCc1ccc2c(c1)OCO2. The molecule has 1 aliphatic rings. The van der Waals surface area contributed by atoms with E-state index in [2.05, 4.69) is 4.90 Å². The number of ketones is 1. The number of allylic oxidation sites excluding steroid dienone is 1. The maximum Gasteiger partial charge on any atom is 0.231 e. The maximum absolute atomic E-state index is 12.0. The van der Waals surface area contributed by atoms with Crippen molar-refractivity contribution in [1.82, 2.24) is 4.90 Å². The zero-order chi connectivity index (χ0) is 18.4. The highest BCUT2D eigenvalue weighted by Gasteiger charge is 2.13. The molecule has 2 aromatic rings. The molecule has 0 spiro atoms. The molecule has 0 fully saturated rings. The fraction of sp³-hybridized carbons (Fsp3) is 0.286. The van der Waals surface area contributed by atoms with Crippen LogP contribution < -0.4 is 9.47 Å². The van der Waals surface area contributed by atoms with Gasteiger partial charge in [-0.3, -0.25) is 4.79 Å². The first-order chi connectivity index (χ1) is 12.6. The molecule has 1 heterocycles. The Balaban J connectivity index is 1.40. The third-order valence-corrected chi connectivity index (χ3v) is 4.29. The highest BCUT2D eigenvalue weighted by molar-refractivity contribution is 5.93. The zero-order valence-electron chi connectivity index (χ0n) is 14.9. The molecule has 0 saturated heterocycles. The van der Waals surface area contributed by atoms with E-state index in [1.807, 2.05) is 31.3 Å². The van der Waals surface area contributed by atoms with Gasteiger partial charge in [0, 0.05) is 19.5 Å².